The summed E-state index contributed by atoms with van der Waals surface area (Å²) in [6.45, 7) is 5.32. The summed E-state index contributed by atoms with van der Waals surface area (Å²) in [5, 5.41) is 6.23. The van der Waals surface area contributed by atoms with Crippen molar-refractivity contribution in [2.75, 3.05) is 18.4 Å². The number of anilines is 1. The monoisotopic (exact) mass is 357 g/mol. The Kier molecular flexibility index (Phi) is 6.17. The van der Waals surface area contributed by atoms with E-state index in [1.165, 1.54) is 24.8 Å². The number of hydrogen-bond donors (Lipinski definition) is 2. The maximum absolute atomic E-state index is 12.7. The number of urea groups is 1. The molecule has 1 aliphatic heterocycles. The van der Waals surface area contributed by atoms with Crippen molar-refractivity contribution in [2.45, 2.75) is 64.8 Å². The van der Waals surface area contributed by atoms with Crippen molar-refractivity contribution in [3.05, 3.63) is 29.3 Å². The molecule has 0 radical (unpaired) electrons. The van der Waals surface area contributed by atoms with E-state index in [9.17, 15) is 9.59 Å². The Hall–Kier alpha value is -2.04. The molecule has 1 atom stereocenters. The third kappa shape index (κ3) is 4.57. The van der Waals surface area contributed by atoms with E-state index in [2.05, 4.69) is 10.6 Å². The summed E-state index contributed by atoms with van der Waals surface area (Å²) < 4.78 is 0. The van der Waals surface area contributed by atoms with Gasteiger partial charge in [0.15, 0.2) is 0 Å². The first-order valence-electron chi connectivity index (χ1n) is 9.97. The quantitative estimate of drug-likeness (QED) is 0.859. The molecule has 1 saturated carbocycles. The van der Waals surface area contributed by atoms with E-state index in [-0.39, 0.29) is 17.9 Å². The smallest absolute Gasteiger partial charge is 0.317 e. The van der Waals surface area contributed by atoms with Crippen molar-refractivity contribution in [3.8, 4) is 0 Å². The van der Waals surface area contributed by atoms with Crippen molar-refractivity contribution < 1.29 is 9.59 Å². The van der Waals surface area contributed by atoms with Crippen LogP contribution in [0, 0.1) is 19.8 Å². The molecule has 3 rings (SSSR count). The molecule has 0 unspecified atom stereocenters. The van der Waals surface area contributed by atoms with Crippen LogP contribution in [-0.2, 0) is 4.79 Å². The fraction of sp³-hybridized carbons (Fsp3) is 0.619. The molecule has 1 heterocycles. The number of amides is 3. The second kappa shape index (κ2) is 8.56. The van der Waals surface area contributed by atoms with Crippen molar-refractivity contribution in [1.82, 2.24) is 10.2 Å². The van der Waals surface area contributed by atoms with Gasteiger partial charge in [0.25, 0.3) is 0 Å². The number of nitrogens with zero attached hydrogens (tertiary/aromatic N) is 1. The molecular formula is C21H31N3O2. The molecule has 5 nitrogen and oxygen atoms in total. The highest BCUT2D eigenvalue weighted by Crippen LogP contribution is 2.23. The van der Waals surface area contributed by atoms with Crippen molar-refractivity contribution in [3.63, 3.8) is 0 Å². The predicted molar refractivity (Wildman–Crippen MR) is 104 cm³/mol. The lowest BCUT2D eigenvalue weighted by Gasteiger charge is -2.34. The molecular weight excluding hydrogens is 326 g/mol. The maximum atomic E-state index is 12.7. The van der Waals surface area contributed by atoms with Gasteiger partial charge in [-0.25, -0.2) is 4.79 Å². The zero-order valence-electron chi connectivity index (χ0n) is 16.0. The minimum Gasteiger partial charge on any atom is -0.335 e. The van der Waals surface area contributed by atoms with Crippen LogP contribution in [0.3, 0.4) is 0 Å². The van der Waals surface area contributed by atoms with Crippen LogP contribution in [-0.4, -0.2) is 36.0 Å². The average molecular weight is 357 g/mol. The Morgan fingerprint density at radius 2 is 1.81 bits per heavy atom. The van der Waals surface area contributed by atoms with Crippen LogP contribution in [0.4, 0.5) is 10.5 Å². The van der Waals surface area contributed by atoms with Crippen LogP contribution in [0.15, 0.2) is 18.2 Å². The Balaban J connectivity index is 1.56. The molecule has 0 spiro atoms. The molecule has 0 bridgehead atoms. The normalized spacial score (nSPS) is 21.3. The van der Waals surface area contributed by atoms with Crippen molar-refractivity contribution >= 4 is 17.6 Å². The SMILES string of the molecule is Cc1cccc(NC(=O)[C@@H]2CCCN(C(=O)NC3CCCCC3)C2)c1C. The lowest BCUT2D eigenvalue weighted by atomic mass is 9.95. The molecule has 2 N–H and O–H groups in total. The Morgan fingerprint density at radius 3 is 2.58 bits per heavy atom. The number of benzene rings is 1. The van der Waals surface area contributed by atoms with E-state index < -0.39 is 0 Å². The lowest BCUT2D eigenvalue weighted by Crippen LogP contribution is -2.50. The second-order valence-electron chi connectivity index (χ2n) is 7.81. The minimum absolute atomic E-state index is 0.00105. The van der Waals surface area contributed by atoms with Crippen LogP contribution in [0.2, 0.25) is 0 Å². The molecule has 2 fully saturated rings. The lowest BCUT2D eigenvalue weighted by molar-refractivity contribution is -0.121. The van der Waals surface area contributed by atoms with E-state index in [1.54, 1.807) is 0 Å². The fourth-order valence-electron chi connectivity index (χ4n) is 4.01. The van der Waals surface area contributed by atoms with E-state index in [0.717, 1.165) is 43.5 Å². The van der Waals surface area contributed by atoms with Gasteiger partial charge < -0.3 is 15.5 Å². The van der Waals surface area contributed by atoms with Gasteiger partial charge in [0.1, 0.15) is 0 Å². The zero-order valence-corrected chi connectivity index (χ0v) is 16.0. The summed E-state index contributed by atoms with van der Waals surface area (Å²) in [6.07, 6.45) is 7.55. The number of piperidine rings is 1. The molecule has 26 heavy (non-hydrogen) atoms. The van der Waals surface area contributed by atoms with Crippen LogP contribution in [0.1, 0.15) is 56.1 Å². The Bertz CT molecular complexity index is 653. The zero-order chi connectivity index (χ0) is 18.5. The third-order valence-electron chi connectivity index (χ3n) is 5.87. The number of rotatable bonds is 3. The highest BCUT2D eigenvalue weighted by atomic mass is 16.2. The first-order chi connectivity index (χ1) is 12.5. The number of likely N-dealkylation sites (tertiary alicyclic amines) is 1. The average Bonchev–Trinajstić information content (AvgIpc) is 2.66. The van der Waals surface area contributed by atoms with E-state index >= 15 is 0 Å². The summed E-state index contributed by atoms with van der Waals surface area (Å²) in [7, 11) is 0. The minimum atomic E-state index is -0.138. The fourth-order valence-corrected chi connectivity index (χ4v) is 4.01. The number of nitrogens with one attached hydrogen (secondary N) is 2. The van der Waals surface area contributed by atoms with Gasteiger partial charge in [0.2, 0.25) is 5.91 Å². The molecule has 1 aliphatic carbocycles. The molecule has 1 saturated heterocycles. The highest BCUT2D eigenvalue weighted by molar-refractivity contribution is 5.94. The summed E-state index contributed by atoms with van der Waals surface area (Å²) in [6, 6.07) is 6.25. The standard InChI is InChI=1S/C21H31N3O2/c1-15-8-6-12-19(16(15)2)23-20(25)17-9-7-13-24(14-17)21(26)22-18-10-4-3-5-11-18/h6,8,12,17-18H,3-5,7,9-11,13-14H2,1-2H3,(H,22,26)(H,23,25)/t17-/m1/s1. The van der Waals surface area contributed by atoms with E-state index in [1.807, 2.05) is 36.9 Å². The molecule has 5 heteroatoms. The summed E-state index contributed by atoms with van der Waals surface area (Å²) in [4.78, 5) is 27.1. The van der Waals surface area contributed by atoms with Crippen molar-refractivity contribution in [2.24, 2.45) is 5.92 Å². The van der Waals surface area contributed by atoms with Crippen molar-refractivity contribution in [1.29, 1.82) is 0 Å². The van der Waals surface area contributed by atoms with Gasteiger partial charge in [-0.2, -0.15) is 0 Å². The number of carbonyl (C=O) groups is 2. The maximum Gasteiger partial charge on any atom is 0.317 e. The van der Waals surface area contributed by atoms with Crippen LogP contribution < -0.4 is 10.6 Å². The first kappa shape index (κ1) is 18.7. The third-order valence-corrected chi connectivity index (χ3v) is 5.87. The molecule has 3 amide bonds. The van der Waals surface area contributed by atoms with Gasteiger partial charge in [-0.3, -0.25) is 4.79 Å². The van der Waals surface area contributed by atoms with Crippen LogP contribution in [0.5, 0.6) is 0 Å². The van der Waals surface area contributed by atoms with E-state index in [4.69, 9.17) is 0 Å². The Morgan fingerprint density at radius 1 is 1.04 bits per heavy atom. The van der Waals surface area contributed by atoms with Gasteiger partial charge in [0.05, 0.1) is 5.92 Å². The van der Waals surface area contributed by atoms with Gasteiger partial charge in [-0.05, 0) is 56.7 Å². The second-order valence-corrected chi connectivity index (χ2v) is 7.81. The molecule has 0 aromatic heterocycles. The predicted octanol–water partition coefficient (Wildman–Crippen LogP) is 4.00. The largest absolute Gasteiger partial charge is 0.335 e. The summed E-state index contributed by atoms with van der Waals surface area (Å²) in [5.41, 5.74) is 3.14. The summed E-state index contributed by atoms with van der Waals surface area (Å²) in [5.74, 6) is -0.116. The molecule has 142 valence electrons. The Labute approximate surface area is 156 Å². The molecule has 1 aromatic rings. The topological polar surface area (TPSA) is 61.4 Å². The van der Waals surface area contributed by atoms with Crippen LogP contribution >= 0.6 is 0 Å². The number of hydrogen-bond acceptors (Lipinski definition) is 2. The van der Waals surface area contributed by atoms with E-state index in [0.29, 0.717) is 12.6 Å². The van der Waals surface area contributed by atoms with Gasteiger partial charge in [0, 0.05) is 24.8 Å². The van der Waals surface area contributed by atoms with Gasteiger partial charge >= 0.3 is 6.03 Å². The van der Waals surface area contributed by atoms with Crippen LogP contribution in [0.25, 0.3) is 0 Å². The first-order valence-corrected chi connectivity index (χ1v) is 9.97. The van der Waals surface area contributed by atoms with Gasteiger partial charge in [-0.15, -0.1) is 0 Å². The summed E-state index contributed by atoms with van der Waals surface area (Å²) >= 11 is 0. The van der Waals surface area contributed by atoms with Gasteiger partial charge in [-0.1, -0.05) is 31.4 Å². The highest BCUT2D eigenvalue weighted by Gasteiger charge is 2.29. The molecule has 2 aliphatic rings. The number of carbonyl (C=O) groups excluding carboxylic acids is 2. The number of aryl methyl sites for hydroxylation is 1. The molecule has 1 aromatic carbocycles.